The maximum atomic E-state index is 11.3. The zero-order valence-electron chi connectivity index (χ0n) is 22.1. The van der Waals surface area contributed by atoms with E-state index in [4.69, 9.17) is 16.3 Å². The Hall–Kier alpha value is -2.27. The topological polar surface area (TPSA) is 89.6 Å². The Morgan fingerprint density at radius 3 is 2.74 bits per heavy atom. The minimum atomic E-state index is -1.03. The van der Waals surface area contributed by atoms with E-state index in [9.17, 15) is 15.5 Å². The molecule has 2 N–H and O–H groups in total. The van der Waals surface area contributed by atoms with Gasteiger partial charge >= 0.3 is 0 Å². The van der Waals surface area contributed by atoms with Crippen LogP contribution in [0.15, 0.2) is 48.2 Å². The van der Waals surface area contributed by atoms with Gasteiger partial charge in [0.2, 0.25) is 0 Å². The predicted octanol–water partition coefficient (Wildman–Crippen LogP) is 4.89. The summed E-state index contributed by atoms with van der Waals surface area (Å²) in [7, 11) is 3.88. The Kier molecular flexibility index (Phi) is 5.14. The summed E-state index contributed by atoms with van der Waals surface area (Å²) in [5.41, 5.74) is 0.925. The van der Waals surface area contributed by atoms with Crippen molar-refractivity contribution in [3.63, 3.8) is 0 Å². The predicted molar refractivity (Wildman–Crippen MR) is 146 cm³/mol. The zero-order chi connectivity index (χ0) is 26.7. The zero-order valence-corrected chi connectivity index (χ0v) is 22.9. The number of ether oxygens (including phenoxy) is 1. The van der Waals surface area contributed by atoms with E-state index in [0.29, 0.717) is 18.0 Å². The number of hydrogen-bond acceptors (Lipinski definition) is 6. The molecule has 3 heterocycles. The smallest absolute Gasteiger partial charge is 0.136 e. The van der Waals surface area contributed by atoms with Gasteiger partial charge in [-0.2, -0.15) is 5.26 Å². The first-order chi connectivity index (χ1) is 18.1. The molecule has 2 aromatic rings. The number of aliphatic hydroxyl groups is 2. The summed E-state index contributed by atoms with van der Waals surface area (Å²) in [6.45, 7) is 2.34. The lowest BCUT2D eigenvalue weighted by molar-refractivity contribution is -0.223. The van der Waals surface area contributed by atoms with Crippen LogP contribution in [0.25, 0.3) is 16.3 Å². The molecule has 198 valence electrons. The van der Waals surface area contributed by atoms with Crippen molar-refractivity contribution >= 4 is 27.9 Å². The van der Waals surface area contributed by atoms with Gasteiger partial charge in [0.15, 0.2) is 0 Å². The molecule has 1 saturated heterocycles. The third kappa shape index (κ3) is 2.89. The molecule has 8 unspecified atom stereocenters. The van der Waals surface area contributed by atoms with Gasteiger partial charge in [-0.25, -0.2) is 4.98 Å². The molecule has 0 amide bonds. The van der Waals surface area contributed by atoms with Crippen LogP contribution >= 0.6 is 11.6 Å². The normalized spacial score (nSPS) is 43.2. The second kappa shape index (κ2) is 7.90. The number of aliphatic hydroxyl groups excluding tert-OH is 2. The lowest BCUT2D eigenvalue weighted by Gasteiger charge is -2.61. The van der Waals surface area contributed by atoms with Crippen molar-refractivity contribution in [1.82, 2.24) is 9.88 Å². The van der Waals surface area contributed by atoms with Crippen molar-refractivity contribution in [3.8, 4) is 6.07 Å². The fourth-order valence-corrected chi connectivity index (χ4v) is 9.21. The Morgan fingerprint density at radius 1 is 1.16 bits per heavy atom. The number of benzene rings is 1. The number of fused-ring (bicyclic) bond motifs is 2. The first-order valence-electron chi connectivity index (χ1n) is 13.7. The number of halogens is 1. The molecule has 2 aliphatic heterocycles. The number of allylic oxidation sites excluding steroid dienone is 2. The average Bonchev–Trinajstić information content (AvgIpc) is 3.43. The van der Waals surface area contributed by atoms with Crippen LogP contribution in [-0.2, 0) is 4.74 Å². The van der Waals surface area contributed by atoms with E-state index in [-0.39, 0.29) is 17.4 Å². The molecule has 3 fully saturated rings. The Labute approximate surface area is 228 Å². The van der Waals surface area contributed by atoms with Crippen molar-refractivity contribution in [2.45, 2.75) is 74.9 Å². The third-order valence-corrected chi connectivity index (χ3v) is 11.3. The molecule has 8 atom stereocenters. The third-order valence-electron chi connectivity index (χ3n) is 11.0. The Bertz CT molecular complexity index is 1460. The first kappa shape index (κ1) is 24.7. The molecular formula is C31H34ClN3O3. The largest absolute Gasteiger partial charge is 0.388 e. The fraction of sp³-hybridized carbons (Fsp3) is 0.548. The number of nitrogens with zero attached hydrogens (tertiary/aromatic N) is 3. The number of nitriles is 1. The van der Waals surface area contributed by atoms with Gasteiger partial charge in [-0.05, 0) is 92.3 Å². The number of hydrogen-bond donors (Lipinski definition) is 2. The highest BCUT2D eigenvalue weighted by molar-refractivity contribution is 6.34. The summed E-state index contributed by atoms with van der Waals surface area (Å²) < 4.78 is 7.27. The van der Waals surface area contributed by atoms with Crippen LogP contribution in [0.4, 0.5) is 0 Å². The summed E-state index contributed by atoms with van der Waals surface area (Å²) in [6, 6.07) is 10.9. The van der Waals surface area contributed by atoms with Gasteiger partial charge < -0.3 is 19.8 Å². The lowest BCUT2D eigenvalue weighted by atomic mass is 9.49. The van der Waals surface area contributed by atoms with E-state index in [0.717, 1.165) is 47.6 Å². The number of rotatable bonds is 2. The Morgan fingerprint density at radius 2 is 1.97 bits per heavy atom. The standard InChI is InChI=1S/C31H34ClN3O3/c1-28-9-10-29(17-33)15-22-25(36)26(37)23(35(2)3)16-30(22)11-12-31(29,38-30)24(28)7-6-21(28)19-5-4-18-8-13-34-27(32)20(18)14-19/h4-6,8,13-15,23-26,36-37H,7,9-12,16H2,1-3H3. The van der Waals surface area contributed by atoms with Crippen LogP contribution in [-0.4, -0.2) is 63.6 Å². The van der Waals surface area contributed by atoms with Crippen molar-refractivity contribution in [2.75, 3.05) is 14.1 Å². The SMILES string of the molecule is CN(C)C1CC23CCC4(O2)C2CC=C(c5ccc6ccnc(Cl)c6c5)C2(C)CCC4(C#N)C=C3C(O)C1O. The Balaban J connectivity index is 1.33. The summed E-state index contributed by atoms with van der Waals surface area (Å²) in [4.78, 5) is 6.27. The van der Waals surface area contributed by atoms with Gasteiger partial charge in [-0.15, -0.1) is 0 Å². The summed E-state index contributed by atoms with van der Waals surface area (Å²) >= 11 is 6.47. The summed E-state index contributed by atoms with van der Waals surface area (Å²) in [5, 5.41) is 35.5. The second-order valence-electron chi connectivity index (χ2n) is 12.7. The molecule has 1 aromatic heterocycles. The van der Waals surface area contributed by atoms with E-state index < -0.39 is 28.8 Å². The van der Waals surface area contributed by atoms with Crippen LogP contribution in [0.2, 0.25) is 5.15 Å². The molecule has 6 nitrogen and oxygen atoms in total. The minimum Gasteiger partial charge on any atom is -0.388 e. The van der Waals surface area contributed by atoms with Crippen molar-refractivity contribution < 1.29 is 14.9 Å². The second-order valence-corrected chi connectivity index (χ2v) is 13.1. The number of pyridine rings is 1. The van der Waals surface area contributed by atoms with Gasteiger partial charge in [-0.1, -0.05) is 42.8 Å². The summed E-state index contributed by atoms with van der Waals surface area (Å²) in [5.74, 6) is 0.137. The molecule has 3 aliphatic carbocycles. The molecule has 0 radical (unpaired) electrons. The molecular weight excluding hydrogens is 498 g/mol. The first-order valence-corrected chi connectivity index (χ1v) is 14.1. The molecule has 2 bridgehead atoms. The minimum absolute atomic E-state index is 0.137. The maximum absolute atomic E-state index is 11.3. The van der Waals surface area contributed by atoms with Crippen molar-refractivity contribution in [2.24, 2.45) is 16.7 Å². The van der Waals surface area contributed by atoms with Gasteiger partial charge in [-0.3, -0.25) is 0 Å². The van der Waals surface area contributed by atoms with Crippen LogP contribution < -0.4 is 0 Å². The van der Waals surface area contributed by atoms with Gasteiger partial charge in [0.1, 0.15) is 16.7 Å². The van der Waals surface area contributed by atoms with E-state index in [1.807, 2.05) is 31.1 Å². The van der Waals surface area contributed by atoms with E-state index in [2.05, 4.69) is 42.3 Å². The highest BCUT2D eigenvalue weighted by atomic mass is 35.5. The lowest BCUT2D eigenvalue weighted by Crippen LogP contribution is -2.66. The quantitative estimate of drug-likeness (QED) is 0.424. The number of aromatic nitrogens is 1. The monoisotopic (exact) mass is 531 g/mol. The molecule has 2 spiro atoms. The highest BCUT2D eigenvalue weighted by Crippen LogP contribution is 2.72. The fourth-order valence-electron chi connectivity index (χ4n) is 8.99. The van der Waals surface area contributed by atoms with E-state index >= 15 is 0 Å². The van der Waals surface area contributed by atoms with Gasteiger partial charge in [0.05, 0.1) is 23.4 Å². The van der Waals surface area contributed by atoms with Crippen molar-refractivity contribution in [3.05, 3.63) is 58.9 Å². The molecule has 38 heavy (non-hydrogen) atoms. The highest BCUT2D eigenvalue weighted by Gasteiger charge is 2.74. The van der Waals surface area contributed by atoms with E-state index in [1.54, 1.807) is 6.20 Å². The number of likely N-dealkylation sites (N-methyl/N-ethyl adjacent to an activating group) is 1. The molecule has 2 saturated carbocycles. The van der Waals surface area contributed by atoms with Crippen LogP contribution in [0, 0.1) is 28.1 Å². The van der Waals surface area contributed by atoms with E-state index in [1.165, 1.54) is 5.57 Å². The molecule has 7 heteroatoms. The molecule has 7 rings (SSSR count). The van der Waals surface area contributed by atoms with Crippen LogP contribution in [0.3, 0.4) is 0 Å². The molecule has 5 aliphatic rings. The van der Waals surface area contributed by atoms with Crippen molar-refractivity contribution in [1.29, 1.82) is 5.26 Å². The summed E-state index contributed by atoms with van der Waals surface area (Å²) in [6.07, 6.45) is 8.70. The van der Waals surface area contributed by atoms with Crippen LogP contribution in [0.1, 0.15) is 51.0 Å². The molecule has 1 aromatic carbocycles. The van der Waals surface area contributed by atoms with Gasteiger partial charge in [0, 0.05) is 23.5 Å². The average molecular weight is 532 g/mol. The van der Waals surface area contributed by atoms with Gasteiger partial charge in [0.25, 0.3) is 0 Å². The maximum Gasteiger partial charge on any atom is 0.136 e. The van der Waals surface area contributed by atoms with Crippen LogP contribution in [0.5, 0.6) is 0 Å².